The highest BCUT2D eigenvalue weighted by molar-refractivity contribution is 6.12. The van der Waals surface area contributed by atoms with Gasteiger partial charge in [0.1, 0.15) is 0 Å². The summed E-state index contributed by atoms with van der Waals surface area (Å²) in [7, 11) is 0. The Morgan fingerprint density at radius 1 is 0.349 bits per heavy atom. The van der Waals surface area contributed by atoms with Gasteiger partial charge >= 0.3 is 0 Å². The van der Waals surface area contributed by atoms with Crippen LogP contribution in [0.15, 0.2) is 188 Å². The Bertz CT molecular complexity index is 3480. The fourth-order valence-corrected chi connectivity index (χ4v) is 8.47. The Hall–Kier alpha value is -9.40. The molecule has 290 valence electrons. The summed E-state index contributed by atoms with van der Waals surface area (Å²) in [4.78, 5) is 10.3. The number of rotatable bonds is 7. The molecule has 0 aliphatic heterocycles. The van der Waals surface area contributed by atoms with E-state index in [-0.39, 0.29) is 0 Å². The molecule has 7 heteroatoms. The zero-order chi connectivity index (χ0) is 42.9. The zero-order valence-corrected chi connectivity index (χ0v) is 33.5. The fraction of sp³-hybridized carbons (Fsp3) is 0. The van der Waals surface area contributed by atoms with E-state index >= 15 is 0 Å². The van der Waals surface area contributed by atoms with Gasteiger partial charge in [0.2, 0.25) is 0 Å². The molecule has 0 fully saturated rings. The molecule has 0 saturated carbocycles. The van der Waals surface area contributed by atoms with Crippen molar-refractivity contribution < 1.29 is 0 Å². The van der Waals surface area contributed by atoms with Crippen LogP contribution in [0.25, 0.3) is 94.8 Å². The van der Waals surface area contributed by atoms with E-state index < -0.39 is 0 Å². The molecule has 7 nitrogen and oxygen atoms in total. The molecule has 0 aliphatic carbocycles. The minimum atomic E-state index is 0.411. The molecular formula is C56H31N7. The van der Waals surface area contributed by atoms with Gasteiger partial charge < -0.3 is 4.57 Å². The first-order valence-electron chi connectivity index (χ1n) is 20.2. The Morgan fingerprint density at radius 3 is 1.54 bits per heavy atom. The Morgan fingerprint density at radius 2 is 0.905 bits per heavy atom. The van der Waals surface area contributed by atoms with Gasteiger partial charge in [-0.25, -0.2) is 9.97 Å². The smallest absolute Gasteiger partial charge is 0.160 e. The minimum absolute atomic E-state index is 0.411. The van der Waals surface area contributed by atoms with Gasteiger partial charge in [-0.05, 0) is 71.8 Å². The molecule has 0 unspecified atom stereocenters. The van der Waals surface area contributed by atoms with E-state index in [4.69, 9.17) is 9.97 Å². The SMILES string of the molecule is N#Cc1ccc(-c2ccc3c(c2)c2ccccc2n3-c2c(-c3ccccc3C#N)cc(-c3cc(-c4ccccc4)nc(-c4ccccc4)n3)cc2-c2ccccc2C#N)c(C#N)c1. The van der Waals surface area contributed by atoms with Crippen LogP contribution in [0.4, 0.5) is 0 Å². The molecule has 0 saturated heterocycles. The van der Waals surface area contributed by atoms with Crippen LogP contribution in [0.5, 0.6) is 0 Å². The maximum absolute atomic E-state index is 10.7. The molecule has 10 rings (SSSR count). The van der Waals surface area contributed by atoms with Crippen molar-refractivity contribution in [2.75, 3.05) is 0 Å². The molecule has 10 aromatic rings. The first kappa shape index (κ1) is 37.8. The van der Waals surface area contributed by atoms with Crippen molar-refractivity contribution in [3.8, 4) is 97.2 Å². The van der Waals surface area contributed by atoms with Gasteiger partial charge in [-0.3, -0.25) is 0 Å². The highest BCUT2D eigenvalue weighted by atomic mass is 15.0. The molecule has 0 bridgehead atoms. The van der Waals surface area contributed by atoms with Crippen LogP contribution >= 0.6 is 0 Å². The van der Waals surface area contributed by atoms with Crippen molar-refractivity contribution >= 4 is 21.8 Å². The van der Waals surface area contributed by atoms with Gasteiger partial charge in [0, 0.05) is 49.7 Å². The summed E-state index contributed by atoms with van der Waals surface area (Å²) in [5, 5.41) is 43.0. The van der Waals surface area contributed by atoms with Crippen LogP contribution in [0.3, 0.4) is 0 Å². The lowest BCUT2D eigenvalue weighted by Crippen LogP contribution is -2.04. The lowest BCUT2D eigenvalue weighted by molar-refractivity contribution is 1.17. The molecule has 0 N–H and O–H groups in total. The molecular weight excluding hydrogens is 771 g/mol. The fourth-order valence-electron chi connectivity index (χ4n) is 8.47. The van der Waals surface area contributed by atoms with E-state index in [0.717, 1.165) is 72.1 Å². The minimum Gasteiger partial charge on any atom is -0.308 e. The van der Waals surface area contributed by atoms with E-state index in [0.29, 0.717) is 44.9 Å². The van der Waals surface area contributed by atoms with E-state index in [9.17, 15) is 21.0 Å². The van der Waals surface area contributed by atoms with E-state index in [1.165, 1.54) is 0 Å². The topological polar surface area (TPSA) is 126 Å². The second-order valence-electron chi connectivity index (χ2n) is 15.0. The van der Waals surface area contributed by atoms with Gasteiger partial charge in [0.25, 0.3) is 0 Å². The third-order valence-electron chi connectivity index (χ3n) is 11.4. The van der Waals surface area contributed by atoms with Crippen LogP contribution in [-0.2, 0) is 0 Å². The van der Waals surface area contributed by atoms with Gasteiger partial charge in [0.15, 0.2) is 5.82 Å². The number of nitrogens with zero attached hydrogens (tertiary/aromatic N) is 7. The van der Waals surface area contributed by atoms with E-state index in [2.05, 4.69) is 65.2 Å². The largest absolute Gasteiger partial charge is 0.308 e. The number of benzene rings is 8. The maximum atomic E-state index is 10.7. The summed E-state index contributed by atoms with van der Waals surface area (Å²) in [6, 6.07) is 70.1. The summed E-state index contributed by atoms with van der Waals surface area (Å²) >= 11 is 0. The second-order valence-corrected chi connectivity index (χ2v) is 15.0. The highest BCUT2D eigenvalue weighted by Gasteiger charge is 2.25. The van der Waals surface area contributed by atoms with E-state index in [1.807, 2.05) is 140 Å². The third kappa shape index (κ3) is 6.72. The van der Waals surface area contributed by atoms with Crippen LogP contribution < -0.4 is 0 Å². The summed E-state index contributed by atoms with van der Waals surface area (Å²) in [5.41, 5.74) is 12.9. The molecule has 63 heavy (non-hydrogen) atoms. The van der Waals surface area contributed by atoms with Crippen molar-refractivity contribution in [1.29, 1.82) is 21.0 Å². The molecule has 0 atom stereocenters. The Labute approximate surface area is 363 Å². The molecule has 2 aromatic heterocycles. The van der Waals surface area contributed by atoms with Crippen molar-refractivity contribution in [2.45, 2.75) is 0 Å². The standard InChI is InChI=1S/C56H31N7/c57-32-36-23-25-44(43(27-36)35-60)39-24-26-54-48(28-39)47-21-11-12-22-53(47)63(54)55-49(45-19-9-7-17-40(45)33-58)29-42(30-50(55)46-20-10-8-18-41(46)34-59)52-31-51(37-13-3-1-4-14-37)61-56(62-52)38-15-5-2-6-16-38/h1-31H. The summed E-state index contributed by atoms with van der Waals surface area (Å²) < 4.78 is 2.22. The summed E-state index contributed by atoms with van der Waals surface area (Å²) in [6.45, 7) is 0. The Balaban J connectivity index is 1.34. The van der Waals surface area contributed by atoms with Gasteiger partial charge in [-0.15, -0.1) is 0 Å². The zero-order valence-electron chi connectivity index (χ0n) is 33.5. The lowest BCUT2D eigenvalue weighted by Gasteiger charge is -2.22. The average molecular weight is 802 g/mol. The van der Waals surface area contributed by atoms with Gasteiger partial charge in [-0.2, -0.15) is 21.0 Å². The van der Waals surface area contributed by atoms with Crippen molar-refractivity contribution in [3.63, 3.8) is 0 Å². The number of aromatic nitrogens is 3. The van der Waals surface area contributed by atoms with Gasteiger partial charge in [0.05, 0.1) is 74.6 Å². The van der Waals surface area contributed by atoms with Crippen LogP contribution in [0, 0.1) is 45.3 Å². The van der Waals surface area contributed by atoms with E-state index in [1.54, 1.807) is 12.1 Å². The average Bonchev–Trinajstić information content (AvgIpc) is 3.69. The first-order valence-corrected chi connectivity index (χ1v) is 20.2. The first-order chi connectivity index (χ1) is 31.1. The molecule has 8 aromatic carbocycles. The second kappa shape index (κ2) is 16.0. The van der Waals surface area contributed by atoms with Crippen molar-refractivity contribution in [3.05, 3.63) is 210 Å². The predicted molar refractivity (Wildman–Crippen MR) is 248 cm³/mol. The van der Waals surface area contributed by atoms with Crippen LogP contribution in [-0.4, -0.2) is 14.5 Å². The molecule has 0 aliphatic rings. The number of hydrogen-bond donors (Lipinski definition) is 0. The number of para-hydroxylation sites is 1. The lowest BCUT2D eigenvalue weighted by atomic mass is 9.88. The number of hydrogen-bond acceptors (Lipinski definition) is 6. The van der Waals surface area contributed by atoms with Crippen molar-refractivity contribution in [1.82, 2.24) is 14.5 Å². The monoisotopic (exact) mass is 801 g/mol. The summed E-state index contributed by atoms with van der Waals surface area (Å²) in [6.07, 6.45) is 0. The molecule has 2 heterocycles. The highest BCUT2D eigenvalue weighted by Crippen LogP contribution is 2.46. The third-order valence-corrected chi connectivity index (χ3v) is 11.4. The molecule has 0 amide bonds. The quantitative estimate of drug-likeness (QED) is 0.158. The predicted octanol–water partition coefficient (Wildman–Crippen LogP) is 13.1. The van der Waals surface area contributed by atoms with Gasteiger partial charge in [-0.1, -0.05) is 127 Å². The normalized spacial score (nSPS) is 10.8. The summed E-state index contributed by atoms with van der Waals surface area (Å²) in [5.74, 6) is 0.564. The maximum Gasteiger partial charge on any atom is 0.160 e. The molecule has 0 radical (unpaired) electrons. The van der Waals surface area contributed by atoms with Crippen LogP contribution in [0.1, 0.15) is 22.3 Å². The van der Waals surface area contributed by atoms with Crippen molar-refractivity contribution in [2.24, 2.45) is 0 Å². The Kier molecular flexibility index (Phi) is 9.60. The van der Waals surface area contributed by atoms with Crippen LogP contribution in [0.2, 0.25) is 0 Å². The molecule has 0 spiro atoms. The number of fused-ring (bicyclic) bond motifs is 3. The number of nitriles is 4.